The smallest absolute Gasteiger partial charge is 0.232 e. The van der Waals surface area contributed by atoms with Crippen molar-refractivity contribution in [1.82, 2.24) is 15.0 Å². The average molecular weight is 1710 g/mol. The van der Waals surface area contributed by atoms with Crippen molar-refractivity contribution in [2.24, 2.45) is 0 Å². The van der Waals surface area contributed by atoms with E-state index in [9.17, 15) is 0 Å². The first-order valence-corrected chi connectivity index (χ1v) is 54.4. The molecule has 0 spiro atoms. The summed E-state index contributed by atoms with van der Waals surface area (Å²) in [6, 6.07) is 16.9. The summed E-state index contributed by atoms with van der Waals surface area (Å²) < 4.78 is 41.8. The number of benzene rings is 3. The summed E-state index contributed by atoms with van der Waals surface area (Å²) in [4.78, 5) is 15.8. The zero-order chi connectivity index (χ0) is 87.3. The van der Waals surface area contributed by atoms with Crippen molar-refractivity contribution in [1.29, 1.82) is 0 Å². The molecule has 4 rings (SSSR count). The number of aromatic nitrogens is 3. The van der Waals surface area contributed by atoms with Crippen LogP contribution in [-0.2, 0) is 0 Å². The second kappa shape index (κ2) is 83.9. The van der Waals surface area contributed by atoms with Crippen LogP contribution in [0.5, 0.6) is 34.5 Å². The lowest BCUT2D eigenvalue weighted by Gasteiger charge is -2.20. The van der Waals surface area contributed by atoms with E-state index in [1.807, 2.05) is 0 Å². The van der Waals surface area contributed by atoms with E-state index in [2.05, 4.69) is 108 Å². The number of aryl methyl sites for hydroxylation is 1. The third kappa shape index (κ3) is 62.8. The maximum absolute atomic E-state index is 6.98. The van der Waals surface area contributed by atoms with Gasteiger partial charge in [-0.2, -0.15) is 15.0 Å². The maximum Gasteiger partial charge on any atom is 0.232 e. The first-order chi connectivity index (χ1) is 60.9. The number of nitrogens with one attached hydrogen (secondary N) is 2. The minimum atomic E-state index is 0.407. The Balaban J connectivity index is 1.70. The molecule has 2 N–H and O–H groups in total. The Labute approximate surface area is 761 Å². The van der Waals surface area contributed by atoms with Crippen LogP contribution in [0.4, 0.5) is 23.3 Å². The van der Waals surface area contributed by atoms with E-state index in [0.717, 1.165) is 94.0 Å². The molecule has 11 heteroatoms. The molecule has 0 aliphatic heterocycles. The van der Waals surface area contributed by atoms with Gasteiger partial charge in [-0.25, -0.2) is 0 Å². The third-order valence-corrected chi connectivity index (χ3v) is 25.5. The molecule has 0 saturated carbocycles. The molecular weight excluding hydrogens is 1510 g/mol. The highest BCUT2D eigenvalue weighted by molar-refractivity contribution is 5.70. The van der Waals surface area contributed by atoms with Crippen molar-refractivity contribution in [2.45, 2.75) is 549 Å². The van der Waals surface area contributed by atoms with Crippen LogP contribution in [0.2, 0.25) is 0 Å². The average Bonchev–Trinajstić information content (AvgIpc) is 0.805. The number of ether oxygens (including phenoxy) is 6. The fourth-order valence-corrected chi connectivity index (χ4v) is 17.4. The zero-order valence-corrected chi connectivity index (χ0v) is 82.3. The summed E-state index contributed by atoms with van der Waals surface area (Å²) in [7, 11) is 0. The summed E-state index contributed by atoms with van der Waals surface area (Å²) in [6.07, 6.45) is 102. The van der Waals surface area contributed by atoms with Crippen LogP contribution in [0.25, 0.3) is 11.4 Å². The van der Waals surface area contributed by atoms with Gasteiger partial charge in [0.25, 0.3) is 0 Å². The second-order valence-electron chi connectivity index (χ2n) is 37.6. The van der Waals surface area contributed by atoms with Gasteiger partial charge in [-0.05, 0) is 45.4 Å². The number of anilines is 4. The summed E-state index contributed by atoms with van der Waals surface area (Å²) in [5, 5.41) is 7.45. The van der Waals surface area contributed by atoms with Crippen molar-refractivity contribution in [3.63, 3.8) is 0 Å². The summed E-state index contributed by atoms with van der Waals surface area (Å²) in [5.74, 6) is 5.59. The van der Waals surface area contributed by atoms with Gasteiger partial charge in [-0.3, -0.25) is 0 Å². The molecule has 0 bridgehead atoms. The van der Waals surface area contributed by atoms with E-state index < -0.39 is 0 Å². The highest BCUT2D eigenvalue weighted by Crippen LogP contribution is 2.44. The molecule has 0 radical (unpaired) electrons. The summed E-state index contributed by atoms with van der Waals surface area (Å²) >= 11 is 0. The molecule has 708 valence electrons. The van der Waals surface area contributed by atoms with E-state index in [4.69, 9.17) is 43.4 Å². The van der Waals surface area contributed by atoms with Gasteiger partial charge in [0.05, 0.1) is 39.6 Å². The van der Waals surface area contributed by atoms with Crippen LogP contribution in [0.1, 0.15) is 548 Å². The molecule has 0 unspecified atom stereocenters. The molecular formula is C112H199N5O6. The molecule has 0 atom stereocenters. The van der Waals surface area contributed by atoms with Gasteiger partial charge in [0, 0.05) is 41.2 Å². The number of rotatable bonds is 95. The molecule has 0 amide bonds. The van der Waals surface area contributed by atoms with Gasteiger partial charge in [0.15, 0.2) is 28.8 Å². The Morgan fingerprint density at radius 2 is 0.358 bits per heavy atom. The van der Waals surface area contributed by atoms with Gasteiger partial charge >= 0.3 is 0 Å². The zero-order valence-electron chi connectivity index (χ0n) is 82.3. The molecule has 11 nitrogen and oxygen atoms in total. The Kier molecular flexibility index (Phi) is 75.3. The summed E-state index contributed by atoms with van der Waals surface area (Å²) in [5.41, 5.74) is 3.62. The largest absolute Gasteiger partial charge is 0.489 e. The SMILES string of the molecule is CCCCCCCCCCCCCCCOc1cc(Nc2nc(Nc3cc(OCCCCCCCCCCCCCCC)c(OCCCCCCCCCCCCCCC)c(OCCCCCCCCCCCCCCC)c3)nc(-c3ccc(C)cc3)n2)cc(OCCCCCCCCCCCCCCC)c1OCCCCCCCCCCCCCCC. The fraction of sp³-hybridized carbons (Fsp3) is 0.812. The lowest BCUT2D eigenvalue weighted by Crippen LogP contribution is -2.09. The third-order valence-electron chi connectivity index (χ3n) is 25.5. The molecule has 123 heavy (non-hydrogen) atoms. The highest BCUT2D eigenvalue weighted by Gasteiger charge is 2.22. The van der Waals surface area contributed by atoms with Gasteiger partial charge in [0.2, 0.25) is 23.4 Å². The minimum Gasteiger partial charge on any atom is -0.489 e. The fourth-order valence-electron chi connectivity index (χ4n) is 17.4. The summed E-state index contributed by atoms with van der Waals surface area (Å²) in [6.45, 7) is 19.6. The Morgan fingerprint density at radius 3 is 0.537 bits per heavy atom. The first kappa shape index (κ1) is 110. The van der Waals surface area contributed by atoms with E-state index >= 15 is 0 Å². The molecule has 0 saturated heterocycles. The van der Waals surface area contributed by atoms with Crippen LogP contribution in [0.3, 0.4) is 0 Å². The lowest BCUT2D eigenvalue weighted by atomic mass is 10.0. The van der Waals surface area contributed by atoms with Crippen molar-refractivity contribution in [3.8, 4) is 45.9 Å². The standard InChI is InChI=1S/C112H199N5O6/c1-8-14-20-26-32-38-44-50-56-62-68-74-80-90-118-104-96-102(97-105(119-91-81-75-69-63-57-51-45-39-33-27-21-15-9-2)108(104)122-94-84-78-72-66-60-54-48-42-36-30-24-18-12-5)113-111-115-110(101-88-86-100(7)87-89-101)116-112(117-111)114-103-98-106(120-92-82-76-70-64-58-52-46-40-34-28-22-16-10-3)109(123-95-85-79-73-67-61-55-49-43-37-31-25-19-13-6)107(99-103)121-93-83-77-71-65-59-53-47-41-35-29-23-17-11-4/h86-89,96-99H,8-85,90-95H2,1-7H3,(H2,113,114,115,116,117). The molecule has 3 aromatic carbocycles. The van der Waals surface area contributed by atoms with Crippen molar-refractivity contribution < 1.29 is 28.4 Å². The van der Waals surface area contributed by atoms with E-state index in [-0.39, 0.29) is 0 Å². The highest BCUT2D eigenvalue weighted by atomic mass is 16.5. The van der Waals surface area contributed by atoms with Crippen molar-refractivity contribution in [3.05, 3.63) is 54.1 Å². The Bertz CT molecular complexity index is 2650. The van der Waals surface area contributed by atoms with Gasteiger partial charge < -0.3 is 39.1 Å². The van der Waals surface area contributed by atoms with Crippen molar-refractivity contribution in [2.75, 3.05) is 50.3 Å². The second-order valence-corrected chi connectivity index (χ2v) is 37.6. The number of hydrogen-bond donors (Lipinski definition) is 2. The van der Waals surface area contributed by atoms with Crippen LogP contribution < -0.4 is 39.1 Å². The Morgan fingerprint density at radius 1 is 0.195 bits per heavy atom. The van der Waals surface area contributed by atoms with E-state index in [0.29, 0.717) is 91.9 Å². The van der Waals surface area contributed by atoms with Crippen LogP contribution in [0.15, 0.2) is 48.5 Å². The Hall–Kier alpha value is -4.93. The molecule has 0 aliphatic carbocycles. The maximum atomic E-state index is 6.98. The van der Waals surface area contributed by atoms with E-state index in [1.54, 1.807) is 0 Å². The monoisotopic (exact) mass is 1710 g/mol. The topological polar surface area (TPSA) is 118 Å². The number of nitrogens with zero attached hydrogens (tertiary/aromatic N) is 3. The lowest BCUT2D eigenvalue weighted by molar-refractivity contribution is 0.234. The quantitative estimate of drug-likeness (QED) is 0.0412. The number of hydrogen-bond acceptors (Lipinski definition) is 11. The van der Waals surface area contributed by atoms with Crippen LogP contribution >= 0.6 is 0 Å². The van der Waals surface area contributed by atoms with Gasteiger partial charge in [-0.15, -0.1) is 0 Å². The molecule has 1 aromatic heterocycles. The van der Waals surface area contributed by atoms with Crippen LogP contribution in [0, 0.1) is 6.92 Å². The molecule has 4 aromatic rings. The molecule has 0 aliphatic rings. The predicted octanol–water partition coefficient (Wildman–Crippen LogP) is 38.2. The normalized spacial score (nSPS) is 11.5. The van der Waals surface area contributed by atoms with Gasteiger partial charge in [0.1, 0.15) is 0 Å². The van der Waals surface area contributed by atoms with Crippen molar-refractivity contribution >= 4 is 23.3 Å². The van der Waals surface area contributed by atoms with Crippen LogP contribution in [-0.4, -0.2) is 54.6 Å². The number of unbranched alkanes of at least 4 members (excludes halogenated alkanes) is 72. The molecule has 0 fully saturated rings. The molecule has 1 heterocycles. The first-order valence-electron chi connectivity index (χ1n) is 54.4. The van der Waals surface area contributed by atoms with E-state index in [1.165, 1.54) is 429 Å². The van der Waals surface area contributed by atoms with Gasteiger partial charge in [-0.1, -0.05) is 534 Å². The predicted molar refractivity (Wildman–Crippen MR) is 537 cm³/mol. The minimum absolute atomic E-state index is 0.407.